The Balaban J connectivity index is 2.59. The van der Waals surface area contributed by atoms with Gasteiger partial charge in [0.05, 0.1) is 17.5 Å². The van der Waals surface area contributed by atoms with Gasteiger partial charge in [0.15, 0.2) is 0 Å². The first kappa shape index (κ1) is 28.8. The predicted octanol–water partition coefficient (Wildman–Crippen LogP) is 5.88. The monoisotopic (exact) mass is 467 g/mol. The third kappa shape index (κ3) is 11.1. The Morgan fingerprint density at radius 2 is 1.47 bits per heavy atom. The number of aliphatic hydroxyl groups is 1. The van der Waals surface area contributed by atoms with Crippen molar-refractivity contribution in [1.82, 2.24) is 4.31 Å². The predicted molar refractivity (Wildman–Crippen MR) is 132 cm³/mol. The largest absolute Gasteiger partial charge is 0.393 e. The van der Waals surface area contributed by atoms with Gasteiger partial charge in [-0.15, -0.1) is 0 Å². The number of aliphatic hydroxyl groups excluding tert-OH is 1. The fourth-order valence-electron chi connectivity index (χ4n) is 3.66. The van der Waals surface area contributed by atoms with Crippen LogP contribution in [0.2, 0.25) is 0 Å². The maximum atomic E-state index is 13.2. The third-order valence-electron chi connectivity index (χ3n) is 6.01. The average molecular weight is 468 g/mol. The molecule has 0 aliphatic heterocycles. The number of Topliss-reactive ketones (excluding diaryl/α,β-unsaturated/α-hetero) is 1. The van der Waals surface area contributed by atoms with Crippen LogP contribution in [-0.4, -0.2) is 42.8 Å². The van der Waals surface area contributed by atoms with Gasteiger partial charge < -0.3 is 5.11 Å². The second-order valence-corrected chi connectivity index (χ2v) is 11.3. The summed E-state index contributed by atoms with van der Waals surface area (Å²) >= 11 is 0. The van der Waals surface area contributed by atoms with E-state index in [-0.39, 0.29) is 29.7 Å². The maximum Gasteiger partial charge on any atom is 0.243 e. The molecule has 0 amide bonds. The molecule has 0 saturated carbocycles. The zero-order valence-electron chi connectivity index (χ0n) is 20.7. The van der Waals surface area contributed by atoms with Crippen molar-refractivity contribution in [2.75, 3.05) is 13.1 Å². The van der Waals surface area contributed by atoms with Crippen LogP contribution in [0.15, 0.2) is 29.2 Å². The Bertz CT molecular complexity index is 744. The molecule has 0 aromatic heterocycles. The molecule has 1 aromatic carbocycles. The Kier molecular flexibility index (Phi) is 14.0. The molecular weight excluding hydrogens is 422 g/mol. The van der Waals surface area contributed by atoms with Gasteiger partial charge in [-0.1, -0.05) is 89.8 Å². The first-order valence-corrected chi connectivity index (χ1v) is 13.9. The van der Waals surface area contributed by atoms with Gasteiger partial charge in [0.2, 0.25) is 10.0 Å². The lowest BCUT2D eigenvalue weighted by Crippen LogP contribution is -2.38. The first-order valence-electron chi connectivity index (χ1n) is 12.4. The number of aryl methyl sites for hydroxylation is 1. The first-order chi connectivity index (χ1) is 15.2. The summed E-state index contributed by atoms with van der Waals surface area (Å²) in [5, 5.41) is 10.2. The van der Waals surface area contributed by atoms with E-state index >= 15 is 0 Å². The molecule has 0 spiro atoms. The van der Waals surface area contributed by atoms with Crippen LogP contribution in [0.1, 0.15) is 97.0 Å². The summed E-state index contributed by atoms with van der Waals surface area (Å²) in [4.78, 5) is 12.8. The summed E-state index contributed by atoms with van der Waals surface area (Å²) in [5.41, 5.74) is 0.979. The molecule has 1 rings (SSSR count). The van der Waals surface area contributed by atoms with Crippen LogP contribution in [0.3, 0.4) is 0 Å². The standard InChI is InChI=1S/C26H45NO4S/c1-5-6-7-8-9-10-11-12-13-14-24(28)21-27(20-19-26(29)22(2)3)32(30,31)25-17-15-23(4)16-18-25/h15-18,22,26,29H,5-14,19-21H2,1-4H3. The van der Waals surface area contributed by atoms with Gasteiger partial charge in [-0.25, -0.2) is 8.42 Å². The fraction of sp³-hybridized carbons (Fsp3) is 0.731. The molecule has 0 bridgehead atoms. The smallest absolute Gasteiger partial charge is 0.243 e. The van der Waals surface area contributed by atoms with Gasteiger partial charge >= 0.3 is 0 Å². The molecule has 0 fully saturated rings. The second kappa shape index (κ2) is 15.6. The van der Waals surface area contributed by atoms with E-state index in [4.69, 9.17) is 0 Å². The van der Waals surface area contributed by atoms with Gasteiger partial charge in [-0.05, 0) is 37.8 Å². The minimum absolute atomic E-state index is 0.0385. The Labute approximate surface area is 196 Å². The summed E-state index contributed by atoms with van der Waals surface area (Å²) in [6, 6.07) is 6.69. The van der Waals surface area contributed by atoms with Crippen LogP contribution in [0.25, 0.3) is 0 Å². The minimum Gasteiger partial charge on any atom is -0.393 e. The number of rotatable bonds is 18. The number of hydrogen-bond donors (Lipinski definition) is 1. The lowest BCUT2D eigenvalue weighted by molar-refractivity contribution is -0.119. The molecule has 0 heterocycles. The number of carbonyl (C=O) groups excluding carboxylic acids is 1. The van der Waals surface area contributed by atoms with Gasteiger partial charge in [0, 0.05) is 13.0 Å². The molecule has 0 saturated heterocycles. The lowest BCUT2D eigenvalue weighted by Gasteiger charge is -2.24. The Hall–Kier alpha value is -1.24. The van der Waals surface area contributed by atoms with Gasteiger partial charge in [-0.2, -0.15) is 4.31 Å². The molecule has 0 radical (unpaired) electrons. The molecular formula is C26H45NO4S. The number of benzene rings is 1. The number of nitrogens with zero attached hydrogens (tertiary/aromatic N) is 1. The molecule has 32 heavy (non-hydrogen) atoms. The topological polar surface area (TPSA) is 74.7 Å². The number of sulfonamides is 1. The van der Waals surface area contributed by atoms with E-state index in [1.807, 2.05) is 20.8 Å². The van der Waals surface area contributed by atoms with Crippen molar-refractivity contribution in [2.24, 2.45) is 5.92 Å². The highest BCUT2D eigenvalue weighted by atomic mass is 32.2. The van der Waals surface area contributed by atoms with Crippen LogP contribution < -0.4 is 0 Å². The second-order valence-electron chi connectivity index (χ2n) is 9.37. The normalized spacial score (nSPS) is 13.1. The van der Waals surface area contributed by atoms with E-state index in [1.54, 1.807) is 24.3 Å². The summed E-state index contributed by atoms with van der Waals surface area (Å²) in [7, 11) is -3.78. The van der Waals surface area contributed by atoms with Gasteiger partial charge in [-0.3, -0.25) is 4.79 Å². The molecule has 184 valence electrons. The number of carbonyl (C=O) groups is 1. The van der Waals surface area contributed by atoms with E-state index in [0.29, 0.717) is 12.8 Å². The van der Waals surface area contributed by atoms with Crippen LogP contribution in [0, 0.1) is 12.8 Å². The van der Waals surface area contributed by atoms with Crippen molar-refractivity contribution in [3.05, 3.63) is 29.8 Å². The molecule has 0 aliphatic rings. The van der Waals surface area contributed by atoms with Crippen molar-refractivity contribution in [3.8, 4) is 0 Å². The molecule has 5 nitrogen and oxygen atoms in total. The van der Waals surface area contributed by atoms with Crippen molar-refractivity contribution in [2.45, 2.75) is 109 Å². The highest BCUT2D eigenvalue weighted by molar-refractivity contribution is 7.89. The zero-order chi connectivity index (χ0) is 24.0. The highest BCUT2D eigenvalue weighted by Crippen LogP contribution is 2.19. The van der Waals surface area contributed by atoms with E-state index < -0.39 is 16.1 Å². The summed E-state index contributed by atoms with van der Waals surface area (Å²) in [6.07, 6.45) is 10.7. The quantitative estimate of drug-likeness (QED) is 0.273. The van der Waals surface area contributed by atoms with E-state index in [9.17, 15) is 18.3 Å². The molecule has 6 heteroatoms. The fourth-order valence-corrected chi connectivity index (χ4v) is 5.10. The molecule has 1 aromatic rings. The van der Waals surface area contributed by atoms with Gasteiger partial charge in [0.25, 0.3) is 0 Å². The highest BCUT2D eigenvalue weighted by Gasteiger charge is 2.27. The Morgan fingerprint density at radius 3 is 2.00 bits per heavy atom. The lowest BCUT2D eigenvalue weighted by atomic mass is 10.0. The number of hydrogen-bond acceptors (Lipinski definition) is 4. The SMILES string of the molecule is CCCCCCCCCCCC(=O)CN(CCC(O)C(C)C)S(=O)(=O)c1ccc(C)cc1. The van der Waals surface area contributed by atoms with Crippen molar-refractivity contribution >= 4 is 15.8 Å². The number of ketones is 1. The molecule has 1 N–H and O–H groups in total. The van der Waals surface area contributed by atoms with Crippen LogP contribution in [0.4, 0.5) is 0 Å². The summed E-state index contributed by atoms with van der Waals surface area (Å²) in [5.74, 6) is -0.0146. The van der Waals surface area contributed by atoms with E-state index in [2.05, 4.69) is 6.92 Å². The summed E-state index contributed by atoms with van der Waals surface area (Å²) in [6.45, 7) is 7.94. The van der Waals surface area contributed by atoms with Crippen molar-refractivity contribution in [3.63, 3.8) is 0 Å². The zero-order valence-corrected chi connectivity index (χ0v) is 21.5. The average Bonchev–Trinajstić information content (AvgIpc) is 2.75. The summed E-state index contributed by atoms with van der Waals surface area (Å²) < 4.78 is 27.6. The minimum atomic E-state index is -3.78. The Morgan fingerprint density at radius 1 is 0.938 bits per heavy atom. The molecule has 0 aliphatic carbocycles. The van der Waals surface area contributed by atoms with E-state index in [0.717, 1.165) is 24.8 Å². The van der Waals surface area contributed by atoms with Crippen LogP contribution >= 0.6 is 0 Å². The van der Waals surface area contributed by atoms with Gasteiger partial charge in [0.1, 0.15) is 5.78 Å². The van der Waals surface area contributed by atoms with Crippen LogP contribution in [-0.2, 0) is 14.8 Å². The van der Waals surface area contributed by atoms with Crippen molar-refractivity contribution in [1.29, 1.82) is 0 Å². The third-order valence-corrected chi connectivity index (χ3v) is 7.87. The molecule has 1 atom stereocenters. The molecule has 1 unspecified atom stereocenters. The van der Waals surface area contributed by atoms with E-state index in [1.165, 1.54) is 42.8 Å². The van der Waals surface area contributed by atoms with Crippen molar-refractivity contribution < 1.29 is 18.3 Å². The maximum absolute atomic E-state index is 13.2. The number of unbranched alkanes of at least 4 members (excludes halogenated alkanes) is 8. The van der Waals surface area contributed by atoms with Crippen LogP contribution in [0.5, 0.6) is 0 Å².